The molecule has 0 bridgehead atoms. The molecule has 38 heavy (non-hydrogen) atoms. The second kappa shape index (κ2) is 15.3. The van der Waals surface area contributed by atoms with Crippen LogP contribution in [-0.4, -0.2) is 51.1 Å². The van der Waals surface area contributed by atoms with Gasteiger partial charge in [-0.2, -0.15) is 0 Å². The fraction of sp³-hybridized carbons (Fsp3) is 0.700. The summed E-state index contributed by atoms with van der Waals surface area (Å²) in [6, 6.07) is 0. The van der Waals surface area contributed by atoms with Gasteiger partial charge in [-0.05, 0) is 70.4 Å². The van der Waals surface area contributed by atoms with E-state index in [-0.39, 0.29) is 18.1 Å². The van der Waals surface area contributed by atoms with Crippen molar-refractivity contribution < 1.29 is 24.5 Å². The monoisotopic (exact) mass is 567 g/mol. The molecular formula is C30H46ClNO5S. The minimum atomic E-state index is -1.24. The summed E-state index contributed by atoms with van der Waals surface area (Å²) in [5.41, 5.74) is 1.66. The maximum absolute atomic E-state index is 13.7. The number of thiazole rings is 1. The fourth-order valence-corrected chi connectivity index (χ4v) is 5.72. The summed E-state index contributed by atoms with van der Waals surface area (Å²) in [4.78, 5) is 31.2. The highest BCUT2D eigenvalue weighted by atomic mass is 35.5. The Morgan fingerprint density at radius 3 is 2.61 bits per heavy atom. The zero-order chi connectivity index (χ0) is 28.5. The number of esters is 1. The van der Waals surface area contributed by atoms with Gasteiger partial charge in [-0.3, -0.25) is 9.59 Å². The average molecular weight is 568 g/mol. The van der Waals surface area contributed by atoms with Crippen molar-refractivity contribution in [2.24, 2.45) is 17.3 Å². The number of aryl methyl sites for hydroxylation is 1. The van der Waals surface area contributed by atoms with Crippen LogP contribution in [0.4, 0.5) is 0 Å². The molecule has 2 N–H and O–H groups in total. The first-order valence-electron chi connectivity index (χ1n) is 13.8. The first kappa shape index (κ1) is 32.7. The summed E-state index contributed by atoms with van der Waals surface area (Å²) in [5.74, 6) is -0.985. The van der Waals surface area contributed by atoms with E-state index in [1.807, 2.05) is 32.2 Å². The van der Waals surface area contributed by atoms with E-state index in [0.717, 1.165) is 42.0 Å². The Morgan fingerprint density at radius 2 is 1.97 bits per heavy atom. The number of nitrogens with zero attached hydrogens (tertiary/aromatic N) is 1. The van der Waals surface area contributed by atoms with Gasteiger partial charge in [0.25, 0.3) is 0 Å². The Balaban J connectivity index is 2.35. The zero-order valence-corrected chi connectivity index (χ0v) is 25.4. The molecule has 2 heterocycles. The van der Waals surface area contributed by atoms with Crippen LogP contribution < -0.4 is 0 Å². The minimum absolute atomic E-state index is 0.0712. The van der Waals surface area contributed by atoms with Crippen LogP contribution in [-0.2, 0) is 14.3 Å². The molecule has 1 aromatic heterocycles. The van der Waals surface area contributed by atoms with Gasteiger partial charge in [0, 0.05) is 23.6 Å². The first-order chi connectivity index (χ1) is 17.9. The number of cyclic esters (lactones) is 1. The Bertz CT molecular complexity index is 985. The third-order valence-electron chi connectivity index (χ3n) is 7.76. The number of unbranched alkanes of at least 4 members (excludes halogenated alkanes) is 1. The molecule has 0 amide bonds. The number of ketones is 1. The molecule has 0 radical (unpaired) electrons. The number of halogens is 1. The van der Waals surface area contributed by atoms with Gasteiger partial charge in [-0.15, -0.1) is 22.9 Å². The molecule has 0 saturated heterocycles. The molecular weight excluding hydrogens is 522 g/mol. The van der Waals surface area contributed by atoms with Crippen molar-refractivity contribution in [2.45, 2.75) is 111 Å². The van der Waals surface area contributed by atoms with Crippen LogP contribution in [0, 0.1) is 24.2 Å². The van der Waals surface area contributed by atoms with Gasteiger partial charge in [-0.25, -0.2) is 4.98 Å². The number of hydrogen-bond acceptors (Lipinski definition) is 7. The predicted octanol–water partition coefficient (Wildman–Crippen LogP) is 6.66. The molecule has 0 aromatic carbocycles. The smallest absolute Gasteiger partial charge is 0.309 e. The summed E-state index contributed by atoms with van der Waals surface area (Å²) < 4.78 is 5.87. The van der Waals surface area contributed by atoms with Crippen molar-refractivity contribution in [3.8, 4) is 0 Å². The quantitative estimate of drug-likeness (QED) is 0.173. The lowest BCUT2D eigenvalue weighted by Crippen LogP contribution is -2.46. The molecule has 0 spiro atoms. The zero-order valence-electron chi connectivity index (χ0n) is 23.8. The molecule has 1 aliphatic heterocycles. The highest BCUT2D eigenvalue weighted by Crippen LogP contribution is 2.35. The largest absolute Gasteiger partial charge is 0.457 e. The second-order valence-corrected chi connectivity index (χ2v) is 12.8. The predicted molar refractivity (Wildman–Crippen MR) is 155 cm³/mol. The van der Waals surface area contributed by atoms with Gasteiger partial charge in [0.15, 0.2) is 0 Å². The summed E-state index contributed by atoms with van der Waals surface area (Å²) in [5, 5.41) is 25.2. The number of ether oxygens (including phenoxy) is 1. The SMILES string of the molecule is C/C1=C/C[C@@H](/C(C)=C/c2csc(C)n2)OC(=O)C[C@H](O)C(C)(C)C(=O)[C@H](CCCCCl)[C@@H](O)[C@@H](C)CCC1. The van der Waals surface area contributed by atoms with Gasteiger partial charge in [0.05, 0.1) is 34.7 Å². The Labute approximate surface area is 237 Å². The number of carbonyl (C=O) groups is 2. The van der Waals surface area contributed by atoms with Gasteiger partial charge < -0.3 is 14.9 Å². The van der Waals surface area contributed by atoms with Crippen molar-refractivity contribution in [3.05, 3.63) is 33.3 Å². The minimum Gasteiger partial charge on any atom is -0.457 e. The number of aliphatic hydroxyl groups is 2. The van der Waals surface area contributed by atoms with Crippen molar-refractivity contribution in [2.75, 3.05) is 5.88 Å². The number of alkyl halides is 1. The molecule has 1 aliphatic rings. The van der Waals surface area contributed by atoms with Gasteiger partial charge >= 0.3 is 5.97 Å². The standard InChI is InChI=1S/C30H46ClNO5S/c1-19-10-9-11-20(2)28(35)24(12-7-8-15-31)29(36)30(5,6)26(33)17-27(34)37-25(14-13-19)21(3)16-23-18-38-22(4)32-23/h13,16,18,20,24-26,28,33,35H,7-12,14-15,17H2,1-6H3/b19-13-,21-16+/t20-,24+,25-,26-,28-/m0/s1. The van der Waals surface area contributed by atoms with Crippen molar-refractivity contribution in [1.29, 1.82) is 0 Å². The third-order valence-corrected chi connectivity index (χ3v) is 8.82. The molecule has 5 atom stereocenters. The van der Waals surface area contributed by atoms with E-state index in [4.69, 9.17) is 16.3 Å². The molecule has 0 unspecified atom stereocenters. The molecule has 0 aliphatic carbocycles. The molecule has 2 rings (SSSR count). The highest BCUT2D eigenvalue weighted by Gasteiger charge is 2.43. The Hall–Kier alpha value is -1.54. The van der Waals surface area contributed by atoms with Gasteiger partial charge in [0.1, 0.15) is 11.9 Å². The van der Waals surface area contributed by atoms with E-state index in [2.05, 4.69) is 18.0 Å². The number of carbonyl (C=O) groups excluding carboxylic acids is 2. The van der Waals surface area contributed by atoms with E-state index in [1.54, 1.807) is 25.2 Å². The number of Topliss-reactive ketones (excluding diaryl/α,β-unsaturated/α-hetero) is 1. The summed E-state index contributed by atoms with van der Waals surface area (Å²) in [6.45, 7) is 11.2. The molecule has 214 valence electrons. The van der Waals surface area contributed by atoms with Crippen LogP contribution in [0.2, 0.25) is 0 Å². The molecule has 6 nitrogen and oxygen atoms in total. The fourth-order valence-electron chi connectivity index (χ4n) is 4.96. The molecule has 8 heteroatoms. The highest BCUT2D eigenvalue weighted by molar-refractivity contribution is 7.09. The van der Waals surface area contributed by atoms with E-state index < -0.39 is 35.6 Å². The van der Waals surface area contributed by atoms with E-state index in [1.165, 1.54) is 5.57 Å². The lowest BCUT2D eigenvalue weighted by molar-refractivity contribution is -0.154. The average Bonchev–Trinajstić information content (AvgIpc) is 3.27. The first-order valence-corrected chi connectivity index (χ1v) is 15.2. The Morgan fingerprint density at radius 1 is 1.26 bits per heavy atom. The Kier molecular flexibility index (Phi) is 13.2. The normalized spacial score (nSPS) is 30.0. The van der Waals surface area contributed by atoms with Crippen molar-refractivity contribution in [3.63, 3.8) is 0 Å². The van der Waals surface area contributed by atoms with Gasteiger partial charge in [-0.1, -0.05) is 38.8 Å². The van der Waals surface area contributed by atoms with Crippen LogP contribution in [0.5, 0.6) is 0 Å². The van der Waals surface area contributed by atoms with E-state index in [9.17, 15) is 19.8 Å². The van der Waals surface area contributed by atoms with Crippen LogP contribution in [0.1, 0.15) is 96.7 Å². The number of aliphatic hydroxyl groups excluding tert-OH is 2. The summed E-state index contributed by atoms with van der Waals surface area (Å²) in [7, 11) is 0. The summed E-state index contributed by atoms with van der Waals surface area (Å²) in [6.07, 6.45) is 6.19. The topological polar surface area (TPSA) is 96.7 Å². The molecule has 0 saturated carbocycles. The maximum atomic E-state index is 13.7. The second-order valence-electron chi connectivity index (χ2n) is 11.4. The van der Waals surface area contributed by atoms with E-state index in [0.29, 0.717) is 25.1 Å². The van der Waals surface area contributed by atoms with Crippen LogP contribution in [0.15, 0.2) is 22.6 Å². The molecule has 1 aromatic rings. The number of hydrogen-bond donors (Lipinski definition) is 2. The lowest BCUT2D eigenvalue weighted by Gasteiger charge is -2.36. The number of allylic oxidation sites excluding steroid dienone is 1. The van der Waals surface area contributed by atoms with Crippen LogP contribution >= 0.6 is 22.9 Å². The van der Waals surface area contributed by atoms with Crippen molar-refractivity contribution >= 4 is 40.8 Å². The number of aromatic nitrogens is 1. The third kappa shape index (κ3) is 9.58. The van der Waals surface area contributed by atoms with E-state index >= 15 is 0 Å². The van der Waals surface area contributed by atoms with Crippen LogP contribution in [0.3, 0.4) is 0 Å². The molecule has 0 fully saturated rings. The van der Waals surface area contributed by atoms with Crippen molar-refractivity contribution in [1.82, 2.24) is 4.98 Å². The lowest BCUT2D eigenvalue weighted by atomic mass is 9.71. The van der Waals surface area contributed by atoms with Crippen LogP contribution in [0.25, 0.3) is 6.08 Å². The van der Waals surface area contributed by atoms with Gasteiger partial charge in [0.2, 0.25) is 0 Å². The summed E-state index contributed by atoms with van der Waals surface area (Å²) >= 11 is 7.43. The maximum Gasteiger partial charge on any atom is 0.309 e. The number of rotatable bonds is 6.